The smallest absolute Gasteiger partial charge is 0.371 e. The molecule has 0 radical (unpaired) electrons. The minimum absolute atomic E-state index is 0.198. The third-order valence-corrected chi connectivity index (χ3v) is 6.46. The second-order valence-electron chi connectivity index (χ2n) is 7.52. The summed E-state index contributed by atoms with van der Waals surface area (Å²) >= 11 is 0. The summed E-state index contributed by atoms with van der Waals surface area (Å²) < 4.78 is 74.8. The molecule has 0 aromatic heterocycles. The van der Waals surface area contributed by atoms with Gasteiger partial charge in [0, 0.05) is 25.9 Å². The summed E-state index contributed by atoms with van der Waals surface area (Å²) in [6.45, 7) is 1.62. The summed E-state index contributed by atoms with van der Waals surface area (Å²) in [5.41, 5.74) is 1.85. The molecule has 2 aromatic rings. The van der Waals surface area contributed by atoms with Gasteiger partial charge >= 0.3 is 6.18 Å². The summed E-state index contributed by atoms with van der Waals surface area (Å²) in [5.74, 6) is -0.499. The molecule has 29 heavy (non-hydrogen) atoms. The highest BCUT2D eigenvalue weighted by Gasteiger charge is 2.32. The fourth-order valence-electron chi connectivity index (χ4n) is 3.75. The Morgan fingerprint density at radius 1 is 1.24 bits per heavy atom. The molecule has 0 amide bonds. The molecule has 1 saturated heterocycles. The fraction of sp³-hybridized carbons (Fsp3) is 0.400. The number of alkyl halides is 3. The van der Waals surface area contributed by atoms with Crippen LogP contribution in [0.5, 0.6) is 0 Å². The second kappa shape index (κ2) is 7.37. The average molecular weight is 428 g/mol. The van der Waals surface area contributed by atoms with Gasteiger partial charge < -0.3 is 4.74 Å². The van der Waals surface area contributed by atoms with Crippen LogP contribution in [-0.2, 0) is 32.9 Å². The minimum Gasteiger partial charge on any atom is -0.371 e. The summed E-state index contributed by atoms with van der Waals surface area (Å²) in [5, 5.41) is 0. The maximum atomic E-state index is 13.7. The van der Waals surface area contributed by atoms with Crippen LogP contribution in [0, 0.1) is 5.82 Å². The van der Waals surface area contributed by atoms with Gasteiger partial charge in [-0.3, -0.25) is 4.90 Å². The average Bonchev–Trinajstić information content (AvgIpc) is 2.93. The van der Waals surface area contributed by atoms with E-state index >= 15 is 0 Å². The van der Waals surface area contributed by atoms with E-state index in [1.807, 2.05) is 23.1 Å². The zero-order chi connectivity index (χ0) is 20.8. The summed E-state index contributed by atoms with van der Waals surface area (Å²) in [7, 11) is -2.23. The van der Waals surface area contributed by atoms with Crippen LogP contribution in [0.15, 0.2) is 40.8 Å². The summed E-state index contributed by atoms with van der Waals surface area (Å²) in [6, 6.07) is 8.27. The van der Waals surface area contributed by atoms with Gasteiger partial charge in [-0.2, -0.15) is 17.5 Å². The van der Waals surface area contributed by atoms with Gasteiger partial charge in [0.15, 0.2) is 0 Å². The predicted molar refractivity (Wildman–Crippen MR) is 102 cm³/mol. The van der Waals surface area contributed by atoms with Crippen LogP contribution in [-0.4, -0.2) is 35.1 Å². The number of benzene rings is 2. The van der Waals surface area contributed by atoms with Crippen molar-refractivity contribution in [3.63, 3.8) is 0 Å². The summed E-state index contributed by atoms with van der Waals surface area (Å²) in [4.78, 5) is 1.95. The Morgan fingerprint density at radius 2 is 2.03 bits per heavy atom. The van der Waals surface area contributed by atoms with Crippen LogP contribution in [0.1, 0.15) is 28.4 Å². The maximum Gasteiger partial charge on any atom is 0.416 e. The zero-order valence-electron chi connectivity index (χ0n) is 15.7. The van der Waals surface area contributed by atoms with Crippen molar-refractivity contribution in [1.82, 2.24) is 4.90 Å². The molecule has 0 aliphatic carbocycles. The molecule has 2 aliphatic rings. The lowest BCUT2D eigenvalue weighted by atomic mass is 10.0. The molecule has 0 spiro atoms. The van der Waals surface area contributed by atoms with E-state index < -0.39 is 27.3 Å². The number of fused-ring (bicyclic) bond motifs is 1. The molecule has 2 heterocycles. The zero-order valence-corrected chi connectivity index (χ0v) is 16.5. The van der Waals surface area contributed by atoms with Crippen molar-refractivity contribution in [2.24, 2.45) is 4.36 Å². The largest absolute Gasteiger partial charge is 0.416 e. The van der Waals surface area contributed by atoms with Gasteiger partial charge in [-0.1, -0.05) is 12.1 Å². The van der Waals surface area contributed by atoms with E-state index in [1.165, 1.54) is 0 Å². The van der Waals surface area contributed by atoms with Crippen LogP contribution >= 0.6 is 0 Å². The van der Waals surface area contributed by atoms with Crippen molar-refractivity contribution in [3.05, 3.63) is 64.5 Å². The van der Waals surface area contributed by atoms with Crippen LogP contribution in [0.25, 0.3) is 0 Å². The summed E-state index contributed by atoms with van der Waals surface area (Å²) in [6.07, 6.45) is -3.23. The van der Waals surface area contributed by atoms with Gasteiger partial charge in [0.2, 0.25) is 0 Å². The van der Waals surface area contributed by atoms with Crippen molar-refractivity contribution < 1.29 is 26.5 Å². The minimum atomic E-state index is -4.59. The molecule has 2 unspecified atom stereocenters. The molecule has 2 aliphatic heterocycles. The Morgan fingerprint density at radius 3 is 2.79 bits per heavy atom. The van der Waals surface area contributed by atoms with E-state index in [-0.39, 0.29) is 18.2 Å². The van der Waals surface area contributed by atoms with Gasteiger partial charge in [0.25, 0.3) is 0 Å². The lowest BCUT2D eigenvalue weighted by Gasteiger charge is -2.33. The number of ether oxygens (including phenoxy) is 1. The van der Waals surface area contributed by atoms with Crippen molar-refractivity contribution in [2.45, 2.75) is 24.6 Å². The number of hydrogen-bond donors (Lipinski definition) is 0. The molecule has 2 atom stereocenters. The number of halogens is 4. The molecule has 0 N–H and O–H groups in total. The first kappa shape index (κ1) is 20.3. The second-order valence-corrected chi connectivity index (χ2v) is 9.91. The molecule has 2 aromatic carbocycles. The van der Waals surface area contributed by atoms with E-state index in [9.17, 15) is 21.8 Å². The van der Waals surface area contributed by atoms with Gasteiger partial charge in [-0.25, -0.2) is 8.60 Å². The Labute approximate surface area is 166 Å². The highest BCUT2D eigenvalue weighted by Crippen LogP contribution is 2.34. The third-order valence-electron chi connectivity index (χ3n) is 5.03. The predicted octanol–water partition coefficient (Wildman–Crippen LogP) is 4.66. The highest BCUT2D eigenvalue weighted by molar-refractivity contribution is 7.92. The highest BCUT2D eigenvalue weighted by atomic mass is 32.2. The third kappa shape index (κ3) is 4.62. The molecular formula is C20H20F4N2O2S. The first-order valence-corrected chi connectivity index (χ1v) is 11.2. The van der Waals surface area contributed by atoms with Crippen molar-refractivity contribution in [1.29, 1.82) is 0 Å². The monoisotopic (exact) mass is 428 g/mol. The van der Waals surface area contributed by atoms with E-state index in [4.69, 9.17) is 4.74 Å². The lowest BCUT2D eigenvalue weighted by molar-refractivity contribution is -0.137. The molecule has 9 heteroatoms. The molecule has 156 valence electrons. The normalized spacial score (nSPS) is 24.9. The van der Waals surface area contributed by atoms with Crippen molar-refractivity contribution in [2.75, 3.05) is 26.0 Å². The van der Waals surface area contributed by atoms with Crippen LogP contribution < -0.4 is 0 Å². The van der Waals surface area contributed by atoms with Gasteiger partial charge in [-0.15, -0.1) is 0 Å². The first-order chi connectivity index (χ1) is 13.6. The molecule has 4 nitrogen and oxygen atoms in total. The molecule has 0 saturated carbocycles. The molecule has 1 fully saturated rings. The first-order valence-electron chi connectivity index (χ1n) is 9.12. The lowest BCUT2D eigenvalue weighted by Crippen LogP contribution is -2.37. The quantitative estimate of drug-likeness (QED) is 0.668. The number of nitrogens with zero attached hydrogens (tertiary/aromatic N) is 2. The van der Waals surface area contributed by atoms with E-state index in [0.29, 0.717) is 31.5 Å². The van der Waals surface area contributed by atoms with Crippen molar-refractivity contribution >= 4 is 15.4 Å². The number of morpholine rings is 1. The van der Waals surface area contributed by atoms with Gasteiger partial charge in [0.05, 0.1) is 39.4 Å². The van der Waals surface area contributed by atoms with Gasteiger partial charge in [0.1, 0.15) is 5.82 Å². The SMILES string of the molecule is CS1(=O)=Nc2ccc(C3CN(Cc4cc(F)cc(C(F)(F)F)c4)CCO3)cc2C1. The van der Waals surface area contributed by atoms with Gasteiger partial charge in [-0.05, 0) is 41.0 Å². The van der Waals surface area contributed by atoms with Crippen LogP contribution in [0.2, 0.25) is 0 Å². The standard InChI is InChI=1S/C20H20F4N2O2S/c1-29(27)12-15-8-14(2-3-18(15)25-29)19-11-26(4-5-28-19)10-13-6-16(20(22,23)24)9-17(21)7-13/h2-3,6-9,19H,4-5,10-12H2,1H3. The van der Waals surface area contributed by atoms with Crippen molar-refractivity contribution in [3.8, 4) is 0 Å². The molecular weight excluding hydrogens is 408 g/mol. The van der Waals surface area contributed by atoms with E-state index in [0.717, 1.165) is 28.9 Å². The van der Waals surface area contributed by atoms with Crippen LogP contribution in [0.4, 0.5) is 23.2 Å². The number of hydrogen-bond acceptors (Lipinski definition) is 4. The molecule has 4 rings (SSSR count). The Kier molecular flexibility index (Phi) is 5.16. The number of rotatable bonds is 3. The Balaban J connectivity index is 1.49. The van der Waals surface area contributed by atoms with Crippen LogP contribution in [0.3, 0.4) is 0 Å². The fourth-order valence-corrected chi connectivity index (χ4v) is 5.22. The van der Waals surface area contributed by atoms with E-state index in [1.54, 1.807) is 6.26 Å². The Bertz CT molecular complexity index is 1060. The topological polar surface area (TPSA) is 41.9 Å². The maximum absolute atomic E-state index is 13.7. The van der Waals surface area contributed by atoms with E-state index in [2.05, 4.69) is 4.36 Å². The molecule has 0 bridgehead atoms. The Hall–Kier alpha value is -1.97.